The van der Waals surface area contributed by atoms with E-state index in [1.54, 1.807) is 0 Å². The van der Waals surface area contributed by atoms with Crippen LogP contribution in [0, 0.1) is 0 Å². The van der Waals surface area contributed by atoms with Crippen molar-refractivity contribution in [2.75, 3.05) is 16.3 Å². The Labute approximate surface area is 114 Å². The predicted molar refractivity (Wildman–Crippen MR) is 78.5 cm³/mol. The van der Waals surface area contributed by atoms with Gasteiger partial charge in [-0.2, -0.15) is 0 Å². The van der Waals surface area contributed by atoms with Crippen LogP contribution in [0.15, 0.2) is 42.6 Å². The third kappa shape index (κ3) is 1.18. The Bertz CT molecular complexity index is 645. The van der Waals surface area contributed by atoms with Crippen molar-refractivity contribution in [1.82, 2.24) is 4.57 Å². The molecular weight excluding hydrogens is 234 g/mol. The van der Waals surface area contributed by atoms with Gasteiger partial charge in [-0.3, -0.25) is 0 Å². The molecule has 2 aromatic rings. The molecule has 0 saturated carbocycles. The maximum Gasteiger partial charge on any atom is 0.110 e. The summed E-state index contributed by atoms with van der Waals surface area (Å²) in [4.78, 5) is 5.07. The van der Waals surface area contributed by atoms with Gasteiger partial charge in [-0.1, -0.05) is 18.2 Å². The number of anilines is 2. The molecule has 0 spiro atoms. The van der Waals surface area contributed by atoms with E-state index >= 15 is 0 Å². The predicted octanol–water partition coefficient (Wildman–Crippen LogP) is 2.93. The summed E-state index contributed by atoms with van der Waals surface area (Å²) in [7, 11) is 2.12. The fourth-order valence-electron chi connectivity index (χ4n) is 3.92. The standard InChI is InChI=1S/C16H19N3/c1-12-18-11-16(2,13-7-4-5-8-14(13)18)19(12)15-9-6-10-17(15)3/h4-10,12H,11H2,1-3H3. The van der Waals surface area contributed by atoms with Crippen molar-refractivity contribution in [3.63, 3.8) is 0 Å². The SMILES string of the molecule is CC1N2CC(C)(c3ccccc32)N1c1cccn1C. The van der Waals surface area contributed by atoms with Crippen molar-refractivity contribution in [3.05, 3.63) is 48.2 Å². The zero-order valence-corrected chi connectivity index (χ0v) is 11.7. The smallest absolute Gasteiger partial charge is 0.110 e. The number of fused-ring (bicyclic) bond motifs is 5. The largest absolute Gasteiger partial charge is 0.348 e. The van der Waals surface area contributed by atoms with Crippen LogP contribution in [0.25, 0.3) is 0 Å². The molecule has 3 nitrogen and oxygen atoms in total. The first kappa shape index (κ1) is 11.0. The molecule has 0 N–H and O–H groups in total. The van der Waals surface area contributed by atoms with Gasteiger partial charge in [0.05, 0.1) is 5.54 Å². The van der Waals surface area contributed by atoms with E-state index in [1.165, 1.54) is 17.1 Å². The molecule has 1 fully saturated rings. The van der Waals surface area contributed by atoms with E-state index in [2.05, 4.69) is 77.9 Å². The molecule has 0 amide bonds. The second kappa shape index (κ2) is 3.35. The summed E-state index contributed by atoms with van der Waals surface area (Å²) >= 11 is 0. The van der Waals surface area contributed by atoms with E-state index in [4.69, 9.17) is 0 Å². The number of para-hydroxylation sites is 1. The quantitative estimate of drug-likeness (QED) is 0.774. The minimum absolute atomic E-state index is 0.0854. The second-order valence-corrected chi connectivity index (χ2v) is 5.90. The number of aryl methyl sites for hydroxylation is 1. The van der Waals surface area contributed by atoms with E-state index in [0.29, 0.717) is 6.17 Å². The van der Waals surface area contributed by atoms with Crippen LogP contribution in [-0.4, -0.2) is 17.3 Å². The highest BCUT2D eigenvalue weighted by molar-refractivity contribution is 5.72. The van der Waals surface area contributed by atoms with E-state index in [0.717, 1.165) is 6.54 Å². The molecule has 0 aliphatic carbocycles. The average Bonchev–Trinajstić information content (AvgIpc) is 3.01. The molecule has 4 rings (SSSR count). The molecule has 1 aromatic heterocycles. The van der Waals surface area contributed by atoms with Gasteiger partial charge < -0.3 is 14.4 Å². The van der Waals surface area contributed by atoms with Gasteiger partial charge in [0.25, 0.3) is 0 Å². The van der Waals surface area contributed by atoms with Crippen LogP contribution in [0.3, 0.4) is 0 Å². The van der Waals surface area contributed by atoms with Crippen LogP contribution in [0.5, 0.6) is 0 Å². The summed E-state index contributed by atoms with van der Waals surface area (Å²) < 4.78 is 2.21. The maximum absolute atomic E-state index is 2.55. The molecule has 1 aromatic carbocycles. The Morgan fingerprint density at radius 3 is 2.68 bits per heavy atom. The van der Waals surface area contributed by atoms with Gasteiger partial charge in [0.15, 0.2) is 0 Å². The van der Waals surface area contributed by atoms with Crippen LogP contribution in [-0.2, 0) is 12.6 Å². The Kier molecular flexibility index (Phi) is 1.93. The van der Waals surface area contributed by atoms with Crippen LogP contribution >= 0.6 is 0 Å². The van der Waals surface area contributed by atoms with Crippen molar-refractivity contribution >= 4 is 11.5 Å². The van der Waals surface area contributed by atoms with Gasteiger partial charge >= 0.3 is 0 Å². The molecule has 3 heterocycles. The van der Waals surface area contributed by atoms with Crippen LogP contribution < -0.4 is 9.80 Å². The summed E-state index contributed by atoms with van der Waals surface area (Å²) in [5, 5.41) is 0. The van der Waals surface area contributed by atoms with Crippen molar-refractivity contribution in [2.45, 2.75) is 25.6 Å². The summed E-state index contributed by atoms with van der Waals surface area (Å²) in [6.07, 6.45) is 2.53. The number of nitrogens with zero attached hydrogens (tertiary/aromatic N) is 3. The van der Waals surface area contributed by atoms with Gasteiger partial charge in [0, 0.05) is 31.0 Å². The molecule has 98 valence electrons. The molecule has 2 bridgehead atoms. The molecule has 19 heavy (non-hydrogen) atoms. The van der Waals surface area contributed by atoms with Crippen LogP contribution in [0.4, 0.5) is 11.5 Å². The average molecular weight is 253 g/mol. The molecule has 1 saturated heterocycles. The van der Waals surface area contributed by atoms with E-state index in [1.807, 2.05) is 0 Å². The van der Waals surface area contributed by atoms with E-state index in [9.17, 15) is 0 Å². The lowest BCUT2D eigenvalue weighted by Crippen LogP contribution is -2.47. The number of hydrogen-bond donors (Lipinski definition) is 0. The first-order valence-electron chi connectivity index (χ1n) is 6.90. The fourth-order valence-corrected chi connectivity index (χ4v) is 3.92. The molecule has 2 unspecified atom stereocenters. The van der Waals surface area contributed by atoms with Crippen molar-refractivity contribution in [2.24, 2.45) is 7.05 Å². The third-order valence-electron chi connectivity index (χ3n) is 4.79. The first-order valence-corrected chi connectivity index (χ1v) is 6.90. The number of aromatic nitrogens is 1. The highest BCUT2D eigenvalue weighted by Gasteiger charge is 2.54. The molecule has 2 aliphatic heterocycles. The summed E-state index contributed by atoms with van der Waals surface area (Å²) in [5.41, 5.74) is 2.94. The Balaban J connectivity index is 1.92. The minimum atomic E-state index is 0.0854. The molecule has 2 atom stereocenters. The first-order chi connectivity index (χ1) is 9.13. The Morgan fingerprint density at radius 1 is 1.16 bits per heavy atom. The molecule has 0 radical (unpaired) electrons. The van der Waals surface area contributed by atoms with Gasteiger partial charge in [-0.25, -0.2) is 0 Å². The second-order valence-electron chi connectivity index (χ2n) is 5.90. The zero-order valence-electron chi connectivity index (χ0n) is 11.7. The fraction of sp³-hybridized carbons (Fsp3) is 0.375. The van der Waals surface area contributed by atoms with E-state index in [-0.39, 0.29) is 5.54 Å². The maximum atomic E-state index is 2.55. The van der Waals surface area contributed by atoms with Gasteiger partial charge in [0.2, 0.25) is 0 Å². The van der Waals surface area contributed by atoms with Crippen LogP contribution in [0.2, 0.25) is 0 Å². The number of rotatable bonds is 1. The molecule has 2 aliphatic rings. The summed E-state index contributed by atoms with van der Waals surface area (Å²) in [6.45, 7) is 5.75. The van der Waals surface area contributed by atoms with Gasteiger partial charge in [-0.05, 0) is 32.0 Å². The number of hydrogen-bond acceptors (Lipinski definition) is 2. The van der Waals surface area contributed by atoms with Crippen molar-refractivity contribution in [3.8, 4) is 0 Å². The third-order valence-corrected chi connectivity index (χ3v) is 4.79. The van der Waals surface area contributed by atoms with Gasteiger partial charge in [0.1, 0.15) is 12.0 Å². The van der Waals surface area contributed by atoms with Crippen molar-refractivity contribution in [1.29, 1.82) is 0 Å². The monoisotopic (exact) mass is 253 g/mol. The van der Waals surface area contributed by atoms with Crippen molar-refractivity contribution < 1.29 is 0 Å². The topological polar surface area (TPSA) is 11.4 Å². The Hall–Kier alpha value is -1.90. The molecule has 3 heteroatoms. The highest BCUT2D eigenvalue weighted by atomic mass is 15.5. The lowest BCUT2D eigenvalue weighted by molar-refractivity contribution is 0.500. The van der Waals surface area contributed by atoms with E-state index < -0.39 is 0 Å². The normalized spacial score (nSPS) is 28.1. The minimum Gasteiger partial charge on any atom is -0.348 e. The summed E-state index contributed by atoms with van der Waals surface area (Å²) in [6, 6.07) is 13.2. The molecular formula is C16H19N3. The zero-order chi connectivity index (χ0) is 13.2. The lowest BCUT2D eigenvalue weighted by atomic mass is 9.92. The van der Waals surface area contributed by atoms with Crippen LogP contribution in [0.1, 0.15) is 19.4 Å². The summed E-state index contributed by atoms with van der Waals surface area (Å²) in [5.74, 6) is 1.30. The lowest BCUT2D eigenvalue weighted by Gasteiger charge is -2.42. The van der Waals surface area contributed by atoms with Gasteiger partial charge in [-0.15, -0.1) is 0 Å². The Morgan fingerprint density at radius 2 is 1.95 bits per heavy atom. The highest BCUT2D eigenvalue weighted by Crippen LogP contribution is 2.52. The number of benzene rings is 1.